The van der Waals surface area contributed by atoms with Crippen molar-refractivity contribution in [3.63, 3.8) is 0 Å². The van der Waals surface area contributed by atoms with Crippen molar-refractivity contribution < 1.29 is 22.1 Å². The minimum absolute atomic E-state index is 0.0257. The van der Waals surface area contributed by atoms with Crippen molar-refractivity contribution in [1.29, 1.82) is 0 Å². The number of hydrogen-bond donors (Lipinski definition) is 0. The second kappa shape index (κ2) is 8.95. The number of carbonyl (C=O) groups excluding carboxylic acids is 1. The minimum atomic E-state index is -4.01. The maximum absolute atomic E-state index is 12.7. The Balaban J connectivity index is 1.76. The van der Waals surface area contributed by atoms with Crippen LogP contribution in [-0.2, 0) is 16.5 Å². The Kier molecular flexibility index (Phi) is 6.55. The third-order valence-corrected chi connectivity index (χ3v) is 6.17. The molecule has 0 saturated carbocycles. The molecule has 1 aliphatic heterocycles. The molecule has 0 aromatic heterocycles. The molecule has 1 heterocycles. The summed E-state index contributed by atoms with van der Waals surface area (Å²) in [7, 11) is -2.49. The highest BCUT2D eigenvalue weighted by atomic mass is 32.2. The molecule has 3 rings (SSSR count). The lowest BCUT2D eigenvalue weighted by atomic mass is 10.1. The van der Waals surface area contributed by atoms with Gasteiger partial charge in [0.2, 0.25) is 0 Å². The van der Waals surface area contributed by atoms with Crippen molar-refractivity contribution in [3.05, 3.63) is 48.0 Å². The first-order valence-corrected chi connectivity index (χ1v) is 11.4. The molecule has 0 N–H and O–H groups in total. The number of aryl methyl sites for hydroxylation is 1. The zero-order valence-corrected chi connectivity index (χ0v) is 18.6. The fraction of sp³-hybridized carbons (Fsp3) is 0.409. The number of carbonyl (C=O) groups is 1. The Morgan fingerprint density at radius 3 is 2.30 bits per heavy atom. The topological polar surface area (TPSA) is 76.2 Å². The quantitative estimate of drug-likeness (QED) is 0.591. The van der Waals surface area contributed by atoms with Gasteiger partial charge in [-0.25, -0.2) is 4.79 Å². The van der Waals surface area contributed by atoms with Gasteiger partial charge in [-0.3, -0.25) is 4.90 Å². The lowest BCUT2D eigenvalue weighted by Crippen LogP contribution is -2.34. The molecule has 30 heavy (non-hydrogen) atoms. The van der Waals surface area contributed by atoms with E-state index in [-0.39, 0.29) is 16.7 Å². The Bertz CT molecular complexity index is 980. The Hall–Kier alpha value is -2.74. The highest BCUT2D eigenvalue weighted by Crippen LogP contribution is 2.28. The first-order valence-electron chi connectivity index (χ1n) is 10.0. The molecular weight excluding hydrogens is 404 g/mol. The normalized spacial score (nSPS) is 14.5. The van der Waals surface area contributed by atoms with Gasteiger partial charge in [-0.1, -0.05) is 20.8 Å². The van der Waals surface area contributed by atoms with E-state index in [9.17, 15) is 13.2 Å². The van der Waals surface area contributed by atoms with Gasteiger partial charge >= 0.3 is 16.1 Å². The van der Waals surface area contributed by atoms with Gasteiger partial charge < -0.3 is 13.8 Å². The number of rotatable bonds is 8. The lowest BCUT2D eigenvalue weighted by Gasteiger charge is -2.20. The van der Waals surface area contributed by atoms with Gasteiger partial charge in [-0.2, -0.15) is 8.42 Å². The van der Waals surface area contributed by atoms with Crippen LogP contribution in [0.4, 0.5) is 10.5 Å². The van der Waals surface area contributed by atoms with Crippen LogP contribution in [0.25, 0.3) is 0 Å². The van der Waals surface area contributed by atoms with Crippen LogP contribution in [0.3, 0.4) is 0 Å². The van der Waals surface area contributed by atoms with Crippen molar-refractivity contribution in [2.24, 2.45) is 5.92 Å². The number of anilines is 1. The van der Waals surface area contributed by atoms with Crippen molar-refractivity contribution in [1.82, 2.24) is 4.90 Å². The van der Waals surface area contributed by atoms with Crippen molar-refractivity contribution in [2.75, 3.05) is 31.6 Å². The van der Waals surface area contributed by atoms with Gasteiger partial charge in [0, 0.05) is 31.4 Å². The first-order chi connectivity index (χ1) is 14.2. The molecular formula is C22H28N2O5S. The monoisotopic (exact) mass is 432 g/mol. The van der Waals surface area contributed by atoms with Crippen molar-refractivity contribution >= 4 is 21.8 Å². The summed E-state index contributed by atoms with van der Waals surface area (Å²) < 4.78 is 36.0. The number of amides is 2. The molecule has 2 aromatic carbocycles. The highest BCUT2D eigenvalue weighted by molar-refractivity contribution is 7.87. The van der Waals surface area contributed by atoms with E-state index in [2.05, 4.69) is 13.8 Å². The van der Waals surface area contributed by atoms with E-state index < -0.39 is 10.1 Å². The smallest absolute Gasteiger partial charge is 0.339 e. The summed E-state index contributed by atoms with van der Waals surface area (Å²) in [4.78, 5) is 16.1. The molecule has 0 spiro atoms. The van der Waals surface area contributed by atoms with Gasteiger partial charge in [0.1, 0.15) is 16.4 Å². The van der Waals surface area contributed by atoms with E-state index in [1.807, 2.05) is 17.9 Å². The average Bonchev–Trinajstić information content (AvgIpc) is 3.07. The van der Waals surface area contributed by atoms with Gasteiger partial charge in [0.05, 0.1) is 7.11 Å². The zero-order chi connectivity index (χ0) is 21.9. The SMILES string of the molecule is CCc1cc(OC)cc(OS(=O)(=O)c2ccc(N3CCN(CC(C)C)C3=O)cc2)c1. The molecule has 0 unspecified atom stereocenters. The van der Waals surface area contributed by atoms with Crippen molar-refractivity contribution in [3.8, 4) is 11.5 Å². The maximum Gasteiger partial charge on any atom is 0.339 e. The molecule has 0 bridgehead atoms. The van der Waals surface area contributed by atoms with E-state index in [0.29, 0.717) is 37.0 Å². The van der Waals surface area contributed by atoms with Crippen LogP contribution < -0.4 is 13.8 Å². The summed E-state index contributed by atoms with van der Waals surface area (Å²) in [5.41, 5.74) is 1.58. The fourth-order valence-corrected chi connectivity index (χ4v) is 4.32. The molecule has 0 aliphatic carbocycles. The van der Waals surface area contributed by atoms with Crippen LogP contribution >= 0.6 is 0 Å². The summed E-state index contributed by atoms with van der Waals surface area (Å²) in [5.74, 6) is 1.13. The van der Waals surface area contributed by atoms with E-state index >= 15 is 0 Å². The zero-order valence-electron chi connectivity index (χ0n) is 17.8. The van der Waals surface area contributed by atoms with Gasteiger partial charge in [0.25, 0.3) is 0 Å². The molecule has 0 atom stereocenters. The van der Waals surface area contributed by atoms with Crippen molar-refractivity contribution in [2.45, 2.75) is 32.1 Å². The lowest BCUT2D eigenvalue weighted by molar-refractivity contribution is 0.215. The molecule has 1 saturated heterocycles. The number of hydrogen-bond acceptors (Lipinski definition) is 5. The van der Waals surface area contributed by atoms with E-state index in [1.54, 1.807) is 23.1 Å². The highest BCUT2D eigenvalue weighted by Gasteiger charge is 2.30. The summed E-state index contributed by atoms with van der Waals surface area (Å²) in [6, 6.07) is 11.2. The van der Waals surface area contributed by atoms with E-state index in [0.717, 1.165) is 12.0 Å². The van der Waals surface area contributed by atoms with Gasteiger partial charge in [-0.05, 0) is 54.3 Å². The van der Waals surface area contributed by atoms with E-state index in [4.69, 9.17) is 8.92 Å². The fourth-order valence-electron chi connectivity index (χ4n) is 3.40. The first kappa shape index (κ1) is 22.0. The second-order valence-corrected chi connectivity index (χ2v) is 9.22. The molecule has 1 aliphatic rings. The van der Waals surface area contributed by atoms with Crippen LogP contribution in [0, 0.1) is 5.92 Å². The summed E-state index contributed by atoms with van der Waals surface area (Å²) in [6.45, 7) is 8.06. The second-order valence-electron chi connectivity index (χ2n) is 7.68. The molecule has 2 amide bonds. The molecule has 162 valence electrons. The molecule has 8 heteroatoms. The predicted octanol–water partition coefficient (Wildman–Crippen LogP) is 3.92. The number of urea groups is 1. The molecule has 7 nitrogen and oxygen atoms in total. The summed E-state index contributed by atoms with van der Waals surface area (Å²) >= 11 is 0. The largest absolute Gasteiger partial charge is 0.497 e. The molecule has 1 fully saturated rings. The number of nitrogens with zero attached hydrogens (tertiary/aromatic N) is 2. The standard InChI is InChI=1S/C22H28N2O5S/c1-5-17-12-19(28-4)14-20(13-17)29-30(26,27)21-8-6-18(7-9-21)24-11-10-23(22(24)25)15-16(2)3/h6-9,12-14,16H,5,10-11,15H2,1-4H3. The van der Waals surface area contributed by atoms with Crippen LogP contribution in [0.1, 0.15) is 26.3 Å². The minimum Gasteiger partial charge on any atom is -0.497 e. The average molecular weight is 433 g/mol. The van der Waals surface area contributed by atoms with Crippen LogP contribution in [-0.4, -0.2) is 46.1 Å². The molecule has 2 aromatic rings. The Morgan fingerprint density at radius 1 is 1.03 bits per heavy atom. The maximum atomic E-state index is 12.7. The Labute approximate surface area is 178 Å². The van der Waals surface area contributed by atoms with Gasteiger partial charge in [0.15, 0.2) is 0 Å². The van der Waals surface area contributed by atoms with Crippen LogP contribution in [0.5, 0.6) is 11.5 Å². The Morgan fingerprint density at radius 2 is 1.70 bits per heavy atom. The van der Waals surface area contributed by atoms with Gasteiger partial charge in [-0.15, -0.1) is 0 Å². The number of ether oxygens (including phenoxy) is 1. The van der Waals surface area contributed by atoms with Crippen LogP contribution in [0.15, 0.2) is 47.4 Å². The third kappa shape index (κ3) is 4.87. The summed E-state index contributed by atoms with van der Waals surface area (Å²) in [6.07, 6.45) is 0.722. The molecule has 0 radical (unpaired) electrons. The third-order valence-electron chi connectivity index (χ3n) is 4.91. The number of benzene rings is 2. The van der Waals surface area contributed by atoms with E-state index in [1.165, 1.54) is 25.3 Å². The number of methoxy groups -OCH3 is 1. The van der Waals surface area contributed by atoms with Crippen LogP contribution in [0.2, 0.25) is 0 Å². The predicted molar refractivity (Wildman–Crippen MR) is 116 cm³/mol. The summed E-state index contributed by atoms with van der Waals surface area (Å²) in [5, 5.41) is 0.